The second-order valence-electron chi connectivity index (χ2n) is 4.63. The summed E-state index contributed by atoms with van der Waals surface area (Å²) in [7, 11) is 3.94. The Morgan fingerprint density at radius 1 is 1.00 bits per heavy atom. The molecule has 2 rings (SSSR count). The van der Waals surface area contributed by atoms with Crippen LogP contribution in [-0.4, -0.2) is 31.3 Å². The first-order valence-electron chi connectivity index (χ1n) is 6.72. The van der Waals surface area contributed by atoms with Gasteiger partial charge >= 0.3 is 6.01 Å². The Balaban J connectivity index is 2.28. The number of methoxy groups -OCH3 is 3. The average molecular weight is 325 g/mol. The zero-order chi connectivity index (χ0) is 17.0. The second kappa shape index (κ2) is 7.08. The van der Waals surface area contributed by atoms with E-state index in [-0.39, 0.29) is 24.0 Å². The monoisotopic (exact) mass is 325 g/mol. The number of anilines is 1. The summed E-state index contributed by atoms with van der Waals surface area (Å²) >= 11 is 0. The average Bonchev–Trinajstić information content (AvgIpc) is 2.52. The fourth-order valence-electron chi connectivity index (χ4n) is 2.07. The third-order valence-corrected chi connectivity index (χ3v) is 3.07. The molecule has 0 radical (unpaired) electrons. The van der Waals surface area contributed by atoms with Gasteiger partial charge in [-0.2, -0.15) is 9.37 Å². The van der Waals surface area contributed by atoms with Gasteiger partial charge in [0.2, 0.25) is 5.82 Å². The molecule has 0 fully saturated rings. The lowest BCUT2D eigenvalue weighted by molar-refractivity contribution is 0.334. The Labute approximate surface area is 132 Å². The molecule has 0 aliphatic carbocycles. The van der Waals surface area contributed by atoms with Gasteiger partial charge in [0.25, 0.3) is 0 Å². The molecule has 0 aliphatic heterocycles. The minimum Gasteiger partial charge on any atom is -0.491 e. The Morgan fingerprint density at radius 3 is 2.30 bits per heavy atom. The number of hydrogen-bond acceptors (Lipinski definition) is 6. The third-order valence-electron chi connectivity index (χ3n) is 3.07. The Morgan fingerprint density at radius 2 is 1.70 bits per heavy atom. The molecule has 0 atom stereocenters. The topological polar surface area (TPSA) is 65.5 Å². The Bertz CT molecular complexity index is 711. The number of halogens is 2. The molecule has 0 spiro atoms. The summed E-state index contributed by atoms with van der Waals surface area (Å²) < 4.78 is 42.6. The molecule has 0 saturated carbocycles. The fourth-order valence-corrected chi connectivity index (χ4v) is 2.07. The van der Waals surface area contributed by atoms with Crippen LogP contribution >= 0.6 is 0 Å². The largest absolute Gasteiger partial charge is 0.491 e. The van der Waals surface area contributed by atoms with Crippen molar-refractivity contribution in [3.8, 4) is 17.5 Å². The van der Waals surface area contributed by atoms with E-state index < -0.39 is 17.4 Å². The van der Waals surface area contributed by atoms with Gasteiger partial charge in [0.15, 0.2) is 17.3 Å². The molecular formula is C15H17F2N3O3. The van der Waals surface area contributed by atoms with E-state index in [1.807, 2.05) is 0 Å². The number of rotatable bonds is 6. The first-order chi connectivity index (χ1) is 11.0. The van der Waals surface area contributed by atoms with Crippen molar-refractivity contribution >= 4 is 5.69 Å². The number of nitrogens with one attached hydrogen (secondary N) is 1. The maximum atomic E-state index is 14.1. The normalized spacial score (nSPS) is 10.3. The van der Waals surface area contributed by atoms with Gasteiger partial charge in [-0.3, -0.25) is 0 Å². The number of nitrogens with zero attached hydrogens (tertiary/aromatic N) is 2. The van der Waals surface area contributed by atoms with Gasteiger partial charge in [-0.15, -0.1) is 0 Å². The van der Waals surface area contributed by atoms with Crippen LogP contribution in [0.15, 0.2) is 12.1 Å². The molecule has 8 heteroatoms. The second-order valence-corrected chi connectivity index (χ2v) is 4.63. The van der Waals surface area contributed by atoms with Crippen LogP contribution in [0.1, 0.15) is 11.4 Å². The van der Waals surface area contributed by atoms with Crippen molar-refractivity contribution in [2.75, 3.05) is 26.6 Å². The zero-order valence-electron chi connectivity index (χ0n) is 13.2. The number of hydrogen-bond donors (Lipinski definition) is 1. The third kappa shape index (κ3) is 3.58. The Kier molecular flexibility index (Phi) is 5.15. The molecule has 1 heterocycles. The molecule has 0 amide bonds. The molecule has 2 aromatic rings. The van der Waals surface area contributed by atoms with Crippen molar-refractivity contribution in [1.82, 2.24) is 9.97 Å². The van der Waals surface area contributed by atoms with Gasteiger partial charge in [-0.1, -0.05) is 0 Å². The van der Waals surface area contributed by atoms with Crippen molar-refractivity contribution < 1.29 is 23.0 Å². The van der Waals surface area contributed by atoms with Crippen LogP contribution < -0.4 is 19.5 Å². The quantitative estimate of drug-likeness (QED) is 0.881. The van der Waals surface area contributed by atoms with Crippen molar-refractivity contribution in [2.24, 2.45) is 0 Å². The van der Waals surface area contributed by atoms with Crippen LogP contribution in [0.25, 0.3) is 0 Å². The van der Waals surface area contributed by atoms with E-state index in [1.54, 1.807) is 13.0 Å². The predicted molar refractivity (Wildman–Crippen MR) is 80.1 cm³/mol. The molecule has 0 saturated heterocycles. The van der Waals surface area contributed by atoms with Crippen LogP contribution in [0.2, 0.25) is 0 Å². The Hall–Kier alpha value is -2.64. The molecule has 6 nitrogen and oxygen atoms in total. The number of benzene rings is 1. The summed E-state index contributed by atoms with van der Waals surface area (Å²) in [6, 6.07) is 3.06. The van der Waals surface area contributed by atoms with Gasteiger partial charge in [0.1, 0.15) is 0 Å². The molecular weight excluding hydrogens is 308 g/mol. The highest BCUT2D eigenvalue weighted by molar-refractivity contribution is 5.60. The molecule has 1 N–H and O–H groups in total. The van der Waals surface area contributed by atoms with Gasteiger partial charge in [-0.25, -0.2) is 9.37 Å². The predicted octanol–water partition coefficient (Wildman–Crippen LogP) is 2.70. The number of aromatic nitrogens is 2. The van der Waals surface area contributed by atoms with E-state index in [0.717, 1.165) is 6.07 Å². The molecule has 0 bridgehead atoms. The minimum absolute atomic E-state index is 0.138. The van der Waals surface area contributed by atoms with E-state index in [2.05, 4.69) is 20.0 Å². The standard InChI is InChI=1S/C15H17F2N3O3/c1-8-5-9(20-15(19-8)23-4)7-18-11-6-10(16)13(21-2)12(17)14(11)22-3/h5-6,18H,7H2,1-4H3. The summed E-state index contributed by atoms with van der Waals surface area (Å²) in [5, 5.41) is 2.89. The van der Waals surface area contributed by atoms with Gasteiger partial charge in [0.05, 0.1) is 39.3 Å². The summed E-state index contributed by atoms with van der Waals surface area (Å²) in [5.41, 5.74) is 1.47. The summed E-state index contributed by atoms with van der Waals surface area (Å²) in [6.45, 7) is 2.00. The van der Waals surface area contributed by atoms with E-state index in [1.165, 1.54) is 21.3 Å². The fraction of sp³-hybridized carbons (Fsp3) is 0.333. The highest BCUT2D eigenvalue weighted by Crippen LogP contribution is 2.36. The molecule has 1 aromatic heterocycles. The number of ether oxygens (including phenoxy) is 3. The summed E-state index contributed by atoms with van der Waals surface area (Å²) in [4.78, 5) is 8.22. The SMILES string of the molecule is COc1nc(C)cc(CNc2cc(F)c(OC)c(F)c2OC)n1. The van der Waals surface area contributed by atoms with E-state index in [4.69, 9.17) is 9.47 Å². The van der Waals surface area contributed by atoms with Crippen LogP contribution in [0.5, 0.6) is 17.5 Å². The highest BCUT2D eigenvalue weighted by atomic mass is 19.1. The minimum atomic E-state index is -0.908. The molecule has 124 valence electrons. The van der Waals surface area contributed by atoms with Crippen molar-refractivity contribution in [1.29, 1.82) is 0 Å². The highest BCUT2D eigenvalue weighted by Gasteiger charge is 2.20. The first kappa shape index (κ1) is 16.7. The maximum absolute atomic E-state index is 14.1. The molecule has 23 heavy (non-hydrogen) atoms. The van der Waals surface area contributed by atoms with Gasteiger partial charge in [-0.05, 0) is 13.0 Å². The van der Waals surface area contributed by atoms with Crippen molar-refractivity contribution in [2.45, 2.75) is 13.5 Å². The first-order valence-corrected chi connectivity index (χ1v) is 6.72. The number of aryl methyl sites for hydroxylation is 1. The molecule has 0 aliphatic rings. The molecule has 1 aromatic carbocycles. The van der Waals surface area contributed by atoms with Crippen LogP contribution in [0.4, 0.5) is 14.5 Å². The van der Waals surface area contributed by atoms with E-state index >= 15 is 0 Å². The van der Waals surface area contributed by atoms with E-state index in [9.17, 15) is 8.78 Å². The van der Waals surface area contributed by atoms with E-state index in [0.29, 0.717) is 11.4 Å². The lowest BCUT2D eigenvalue weighted by Gasteiger charge is -2.14. The van der Waals surface area contributed by atoms with Crippen LogP contribution in [0, 0.1) is 18.6 Å². The van der Waals surface area contributed by atoms with Crippen LogP contribution in [0.3, 0.4) is 0 Å². The van der Waals surface area contributed by atoms with Crippen molar-refractivity contribution in [3.05, 3.63) is 35.2 Å². The molecule has 0 unspecified atom stereocenters. The maximum Gasteiger partial charge on any atom is 0.316 e. The summed E-state index contributed by atoms with van der Waals surface area (Å²) in [5.74, 6) is -2.37. The lowest BCUT2D eigenvalue weighted by atomic mass is 10.2. The van der Waals surface area contributed by atoms with Gasteiger partial charge < -0.3 is 19.5 Å². The smallest absolute Gasteiger partial charge is 0.316 e. The lowest BCUT2D eigenvalue weighted by Crippen LogP contribution is -2.07. The van der Waals surface area contributed by atoms with Gasteiger partial charge in [0, 0.05) is 11.8 Å². The zero-order valence-corrected chi connectivity index (χ0v) is 13.2. The van der Waals surface area contributed by atoms with Crippen LogP contribution in [-0.2, 0) is 6.54 Å². The summed E-state index contributed by atoms with van der Waals surface area (Å²) in [6.07, 6.45) is 0. The van der Waals surface area contributed by atoms with Crippen molar-refractivity contribution in [3.63, 3.8) is 0 Å².